The highest BCUT2D eigenvalue weighted by atomic mass is 16.2. The van der Waals surface area contributed by atoms with Crippen molar-refractivity contribution in [2.45, 2.75) is 52.5 Å². The lowest BCUT2D eigenvalue weighted by atomic mass is 9.99. The van der Waals surface area contributed by atoms with Gasteiger partial charge in [-0.2, -0.15) is 15.2 Å². The average molecular weight is 353 g/mol. The molecule has 26 heavy (non-hydrogen) atoms. The number of hydrogen-bond acceptors (Lipinski definition) is 5. The lowest BCUT2D eigenvalue weighted by Gasteiger charge is -2.27. The molecular formula is C18H23N7O. The third kappa shape index (κ3) is 2.65. The van der Waals surface area contributed by atoms with Crippen molar-refractivity contribution < 1.29 is 4.79 Å². The molecule has 0 saturated carbocycles. The Morgan fingerprint density at radius 3 is 2.77 bits per heavy atom. The van der Waals surface area contributed by atoms with Gasteiger partial charge in [-0.25, -0.2) is 9.50 Å². The number of H-pyrrole nitrogens is 1. The summed E-state index contributed by atoms with van der Waals surface area (Å²) in [6.45, 7) is 9.59. The fourth-order valence-corrected chi connectivity index (χ4v) is 3.49. The second kappa shape index (κ2) is 6.19. The van der Waals surface area contributed by atoms with E-state index in [2.05, 4.69) is 53.0 Å². The molecule has 0 saturated heterocycles. The van der Waals surface area contributed by atoms with Crippen LogP contribution in [0.4, 0.5) is 0 Å². The normalized spacial score (nSPS) is 14.5. The fourth-order valence-electron chi connectivity index (χ4n) is 3.49. The highest BCUT2D eigenvalue weighted by Gasteiger charge is 2.28. The molecule has 3 aromatic heterocycles. The third-order valence-electron chi connectivity index (χ3n) is 4.89. The number of nitrogens with zero attached hydrogens (tertiary/aromatic N) is 6. The van der Waals surface area contributed by atoms with Gasteiger partial charge in [-0.05, 0) is 17.9 Å². The van der Waals surface area contributed by atoms with Gasteiger partial charge in [-0.1, -0.05) is 27.7 Å². The van der Waals surface area contributed by atoms with Crippen LogP contribution in [-0.2, 0) is 13.0 Å². The van der Waals surface area contributed by atoms with Gasteiger partial charge in [0.2, 0.25) is 0 Å². The molecule has 1 aliphatic heterocycles. The number of aromatic nitrogens is 6. The maximum absolute atomic E-state index is 13.1. The first-order valence-electron chi connectivity index (χ1n) is 9.01. The SMILES string of the molecule is CC(C)c1n[nH]c2c1CN(C(=O)c1cc(C(C)C)n3ncnc3n1)CC2. The van der Waals surface area contributed by atoms with E-state index in [1.54, 1.807) is 4.52 Å². The molecular weight excluding hydrogens is 330 g/mol. The van der Waals surface area contributed by atoms with E-state index >= 15 is 0 Å². The topological polar surface area (TPSA) is 92.1 Å². The number of carbonyl (C=O) groups excluding carboxylic acids is 1. The Balaban J connectivity index is 1.68. The van der Waals surface area contributed by atoms with Crippen LogP contribution in [0.1, 0.15) is 72.7 Å². The van der Waals surface area contributed by atoms with E-state index in [0.29, 0.717) is 30.5 Å². The number of amides is 1. The van der Waals surface area contributed by atoms with E-state index < -0.39 is 0 Å². The van der Waals surface area contributed by atoms with Crippen molar-refractivity contribution in [1.29, 1.82) is 0 Å². The maximum Gasteiger partial charge on any atom is 0.272 e. The van der Waals surface area contributed by atoms with Gasteiger partial charge in [0, 0.05) is 30.8 Å². The minimum Gasteiger partial charge on any atom is -0.332 e. The van der Waals surface area contributed by atoms with Crippen LogP contribution in [0, 0.1) is 0 Å². The van der Waals surface area contributed by atoms with Crippen molar-refractivity contribution in [2.75, 3.05) is 6.54 Å². The van der Waals surface area contributed by atoms with Crippen LogP contribution in [0.5, 0.6) is 0 Å². The minimum atomic E-state index is -0.0704. The molecule has 0 radical (unpaired) electrons. The summed E-state index contributed by atoms with van der Waals surface area (Å²) in [5, 5.41) is 11.8. The molecule has 4 heterocycles. The van der Waals surface area contributed by atoms with Crippen LogP contribution >= 0.6 is 0 Å². The lowest BCUT2D eigenvalue weighted by Crippen LogP contribution is -2.36. The highest BCUT2D eigenvalue weighted by Crippen LogP contribution is 2.26. The third-order valence-corrected chi connectivity index (χ3v) is 4.89. The minimum absolute atomic E-state index is 0.0704. The van der Waals surface area contributed by atoms with Gasteiger partial charge in [-0.3, -0.25) is 9.89 Å². The van der Waals surface area contributed by atoms with Gasteiger partial charge in [0.25, 0.3) is 11.7 Å². The monoisotopic (exact) mass is 353 g/mol. The van der Waals surface area contributed by atoms with Gasteiger partial charge < -0.3 is 4.90 Å². The zero-order valence-electron chi connectivity index (χ0n) is 15.5. The van der Waals surface area contributed by atoms with Crippen LogP contribution in [0.2, 0.25) is 0 Å². The smallest absolute Gasteiger partial charge is 0.272 e. The molecule has 1 aliphatic rings. The zero-order chi connectivity index (χ0) is 18.4. The molecule has 8 nitrogen and oxygen atoms in total. The van der Waals surface area contributed by atoms with Crippen molar-refractivity contribution in [2.24, 2.45) is 0 Å². The molecule has 0 fully saturated rings. The van der Waals surface area contributed by atoms with Crippen molar-refractivity contribution >= 4 is 11.7 Å². The zero-order valence-corrected chi connectivity index (χ0v) is 15.5. The Morgan fingerprint density at radius 2 is 2.04 bits per heavy atom. The summed E-state index contributed by atoms with van der Waals surface area (Å²) in [5.74, 6) is 0.925. The fraction of sp³-hybridized carbons (Fsp3) is 0.500. The summed E-state index contributed by atoms with van der Waals surface area (Å²) in [7, 11) is 0. The second-order valence-electron chi connectivity index (χ2n) is 7.39. The summed E-state index contributed by atoms with van der Waals surface area (Å²) in [6.07, 6.45) is 2.25. The van der Waals surface area contributed by atoms with Crippen molar-refractivity contribution in [3.63, 3.8) is 0 Å². The molecule has 136 valence electrons. The quantitative estimate of drug-likeness (QED) is 0.780. The Labute approximate surface area is 151 Å². The number of aromatic amines is 1. The number of rotatable bonds is 3. The van der Waals surface area contributed by atoms with Gasteiger partial charge in [0.05, 0.1) is 11.4 Å². The van der Waals surface area contributed by atoms with Gasteiger partial charge in [0.1, 0.15) is 12.0 Å². The standard InChI is InChI=1S/C18H23N7O/c1-10(2)15-7-14(21-18-19-9-20-25(15)18)17(26)24-6-5-13-12(8-24)16(11(3)4)23-22-13/h7,9-11H,5-6,8H2,1-4H3,(H,22,23). The summed E-state index contributed by atoms with van der Waals surface area (Å²) in [5.41, 5.74) is 4.68. The highest BCUT2D eigenvalue weighted by molar-refractivity contribution is 5.93. The number of fused-ring (bicyclic) bond motifs is 2. The summed E-state index contributed by atoms with van der Waals surface area (Å²) < 4.78 is 1.70. The molecule has 1 N–H and O–H groups in total. The number of carbonyl (C=O) groups is 1. The Hall–Kier alpha value is -2.77. The van der Waals surface area contributed by atoms with Crippen LogP contribution in [0.3, 0.4) is 0 Å². The van der Waals surface area contributed by atoms with Crippen LogP contribution in [0.25, 0.3) is 5.78 Å². The van der Waals surface area contributed by atoms with E-state index in [1.807, 2.05) is 11.0 Å². The number of nitrogens with one attached hydrogen (secondary N) is 1. The molecule has 0 atom stereocenters. The Kier molecular flexibility index (Phi) is 3.97. The lowest BCUT2D eigenvalue weighted by molar-refractivity contribution is 0.0727. The largest absolute Gasteiger partial charge is 0.332 e. The average Bonchev–Trinajstić information content (AvgIpc) is 3.25. The molecule has 0 spiro atoms. The first kappa shape index (κ1) is 16.7. The van der Waals surface area contributed by atoms with Crippen LogP contribution < -0.4 is 0 Å². The summed E-state index contributed by atoms with van der Waals surface area (Å²) >= 11 is 0. The Bertz CT molecular complexity index is 969. The number of hydrogen-bond donors (Lipinski definition) is 1. The Morgan fingerprint density at radius 1 is 1.23 bits per heavy atom. The van der Waals surface area contributed by atoms with E-state index in [9.17, 15) is 4.79 Å². The van der Waals surface area contributed by atoms with E-state index in [-0.39, 0.29) is 11.8 Å². The maximum atomic E-state index is 13.1. The predicted octanol–water partition coefficient (Wildman–Crippen LogP) is 2.29. The summed E-state index contributed by atoms with van der Waals surface area (Å²) in [6, 6.07) is 1.84. The van der Waals surface area contributed by atoms with Crippen molar-refractivity contribution in [1.82, 2.24) is 34.7 Å². The molecule has 0 aromatic carbocycles. The van der Waals surface area contributed by atoms with Crippen molar-refractivity contribution in [3.05, 3.63) is 40.7 Å². The first-order valence-corrected chi connectivity index (χ1v) is 9.01. The first-order chi connectivity index (χ1) is 12.5. The van der Waals surface area contributed by atoms with E-state index in [0.717, 1.165) is 29.1 Å². The van der Waals surface area contributed by atoms with E-state index in [1.165, 1.54) is 6.33 Å². The molecule has 0 bridgehead atoms. The van der Waals surface area contributed by atoms with Crippen LogP contribution in [-0.4, -0.2) is 47.1 Å². The van der Waals surface area contributed by atoms with Crippen molar-refractivity contribution in [3.8, 4) is 0 Å². The second-order valence-corrected chi connectivity index (χ2v) is 7.39. The predicted molar refractivity (Wildman–Crippen MR) is 96.0 cm³/mol. The molecule has 4 rings (SSSR count). The van der Waals surface area contributed by atoms with Crippen LogP contribution in [0.15, 0.2) is 12.4 Å². The summed E-state index contributed by atoms with van der Waals surface area (Å²) in [4.78, 5) is 23.6. The molecule has 0 unspecified atom stereocenters. The van der Waals surface area contributed by atoms with E-state index in [4.69, 9.17) is 0 Å². The molecule has 8 heteroatoms. The molecule has 0 aliphatic carbocycles. The van der Waals surface area contributed by atoms with Gasteiger partial charge in [-0.15, -0.1) is 0 Å². The molecule has 1 amide bonds. The van der Waals surface area contributed by atoms with Gasteiger partial charge in [0.15, 0.2) is 0 Å². The van der Waals surface area contributed by atoms with Gasteiger partial charge >= 0.3 is 0 Å². The molecule has 3 aromatic rings.